The molecule has 0 saturated heterocycles. The van der Waals surface area contributed by atoms with Gasteiger partial charge in [0.1, 0.15) is 5.82 Å². The Hall–Kier alpha value is -2.43. The van der Waals surface area contributed by atoms with E-state index in [0.717, 1.165) is 0 Å². The summed E-state index contributed by atoms with van der Waals surface area (Å²) in [7, 11) is 0. The van der Waals surface area contributed by atoms with Crippen molar-refractivity contribution in [3.8, 4) is 11.3 Å². The molecule has 0 amide bonds. The zero-order valence-corrected chi connectivity index (χ0v) is 16.5. The number of hydrogen-bond donors (Lipinski definition) is 1. The van der Waals surface area contributed by atoms with Gasteiger partial charge in [0, 0.05) is 43.6 Å². The normalized spacial score (nSPS) is 10.5. The van der Waals surface area contributed by atoms with Crippen molar-refractivity contribution in [2.24, 2.45) is 0 Å². The molecular weight excluding hydrogens is 516 g/mol. The minimum Gasteiger partial charge on any atom is -0.512 e. The molecule has 137 valence electrons. The summed E-state index contributed by atoms with van der Waals surface area (Å²) in [5.74, 6) is -0.712. The van der Waals surface area contributed by atoms with Crippen LogP contribution in [0.5, 0.6) is 0 Å². The molecule has 26 heavy (non-hydrogen) atoms. The first-order valence-corrected chi connectivity index (χ1v) is 7.47. The van der Waals surface area contributed by atoms with E-state index in [2.05, 4.69) is 11.1 Å². The number of hydrogen-bond acceptors (Lipinski definition) is 3. The molecule has 3 aromatic rings. The molecule has 0 aliphatic heterocycles. The second-order valence-corrected chi connectivity index (χ2v) is 5.31. The van der Waals surface area contributed by atoms with Crippen LogP contribution in [-0.4, -0.2) is 15.9 Å². The van der Waals surface area contributed by atoms with E-state index < -0.39 is 0 Å². The van der Waals surface area contributed by atoms with Crippen LogP contribution in [0.3, 0.4) is 0 Å². The standard InChI is InChI=1S/C15H8F2N.C5H8O2.Ir/c16-11-6-4-10(5-7-11)15-13-2-1-3-14(17)12(13)8-9-18-15;1-4(6)3-5(2)7;/h1-4,6-9H;3,6H,1-2H3;/q-1;;/b;4-3-;. The molecule has 3 nitrogen and oxygen atoms in total. The van der Waals surface area contributed by atoms with E-state index >= 15 is 0 Å². The molecule has 0 bridgehead atoms. The summed E-state index contributed by atoms with van der Waals surface area (Å²) in [5.41, 5.74) is 1.25. The van der Waals surface area contributed by atoms with E-state index in [-0.39, 0.29) is 43.3 Å². The molecule has 1 heterocycles. The number of ketones is 1. The van der Waals surface area contributed by atoms with Crippen molar-refractivity contribution in [3.63, 3.8) is 0 Å². The third-order valence-corrected chi connectivity index (χ3v) is 3.19. The van der Waals surface area contributed by atoms with E-state index in [1.54, 1.807) is 24.3 Å². The Bertz CT molecular complexity index is 921. The number of allylic oxidation sites excluding steroid dienone is 2. The van der Waals surface area contributed by atoms with Crippen LogP contribution in [0.1, 0.15) is 13.8 Å². The summed E-state index contributed by atoms with van der Waals surface area (Å²) in [5, 5.41) is 9.56. The fraction of sp³-hybridized carbons (Fsp3) is 0.100. The van der Waals surface area contributed by atoms with Crippen LogP contribution in [0, 0.1) is 17.7 Å². The Morgan fingerprint density at radius 1 is 1.12 bits per heavy atom. The van der Waals surface area contributed by atoms with Gasteiger partial charge in [-0.1, -0.05) is 12.1 Å². The number of aliphatic hydroxyl groups is 1. The number of carbonyl (C=O) groups excluding carboxylic acids is 1. The maximum atomic E-state index is 13.6. The van der Waals surface area contributed by atoms with Crippen molar-refractivity contribution in [2.75, 3.05) is 0 Å². The number of fused-ring (bicyclic) bond motifs is 1. The van der Waals surface area contributed by atoms with Gasteiger partial charge >= 0.3 is 0 Å². The molecule has 3 rings (SSSR count). The largest absolute Gasteiger partial charge is 0.512 e. The van der Waals surface area contributed by atoms with Gasteiger partial charge in [-0.3, -0.25) is 9.18 Å². The monoisotopic (exact) mass is 533 g/mol. The molecule has 6 heteroatoms. The van der Waals surface area contributed by atoms with Crippen molar-refractivity contribution in [1.82, 2.24) is 4.98 Å². The average molecular weight is 533 g/mol. The second-order valence-electron chi connectivity index (χ2n) is 5.31. The molecule has 0 atom stereocenters. The van der Waals surface area contributed by atoms with Crippen molar-refractivity contribution < 1.29 is 38.8 Å². The first kappa shape index (κ1) is 21.6. The number of aliphatic hydroxyl groups excluding tert-OH is 1. The van der Waals surface area contributed by atoms with Crippen molar-refractivity contribution >= 4 is 16.6 Å². The number of aromatic nitrogens is 1. The quantitative estimate of drug-likeness (QED) is 0.287. The predicted octanol–water partition coefficient (Wildman–Crippen LogP) is 5.01. The summed E-state index contributed by atoms with van der Waals surface area (Å²) in [6.45, 7) is 2.85. The second kappa shape index (κ2) is 9.90. The minimum absolute atomic E-state index is 0. The summed E-state index contributed by atoms with van der Waals surface area (Å²) < 4.78 is 26.5. The number of nitrogens with zero attached hydrogens (tertiary/aromatic N) is 1. The zero-order chi connectivity index (χ0) is 18.4. The van der Waals surface area contributed by atoms with Crippen LogP contribution in [-0.2, 0) is 24.9 Å². The summed E-state index contributed by atoms with van der Waals surface area (Å²) in [4.78, 5) is 14.2. The maximum absolute atomic E-state index is 13.6. The molecule has 1 aromatic heterocycles. The average Bonchev–Trinajstić information content (AvgIpc) is 2.55. The Morgan fingerprint density at radius 3 is 2.38 bits per heavy atom. The van der Waals surface area contributed by atoms with Crippen LogP contribution < -0.4 is 0 Å². The minimum atomic E-state index is -0.356. The molecule has 1 N–H and O–H groups in total. The van der Waals surface area contributed by atoms with Crippen LogP contribution in [0.15, 0.2) is 60.5 Å². The van der Waals surface area contributed by atoms with Gasteiger partial charge < -0.3 is 10.1 Å². The number of benzene rings is 2. The number of pyridine rings is 1. The van der Waals surface area contributed by atoms with Crippen LogP contribution >= 0.6 is 0 Å². The van der Waals surface area contributed by atoms with Crippen molar-refractivity contribution in [2.45, 2.75) is 13.8 Å². The number of halogens is 2. The van der Waals surface area contributed by atoms with Crippen molar-refractivity contribution in [3.05, 3.63) is 78.2 Å². The Morgan fingerprint density at radius 2 is 1.85 bits per heavy atom. The molecule has 0 spiro atoms. The SMILES string of the molecule is CC(=O)/C=C(/C)O.Fc1c[c-]c(-c2nccc3c(F)cccc23)cc1.[Ir]. The molecule has 0 unspecified atom stereocenters. The van der Waals surface area contributed by atoms with Crippen LogP contribution in [0.2, 0.25) is 0 Å². The van der Waals surface area contributed by atoms with Crippen molar-refractivity contribution in [1.29, 1.82) is 0 Å². The van der Waals surface area contributed by atoms with Gasteiger partial charge in [0.15, 0.2) is 5.78 Å². The van der Waals surface area contributed by atoms with Gasteiger partial charge in [0.2, 0.25) is 0 Å². The van der Waals surface area contributed by atoms with E-state index in [1.807, 2.05) is 0 Å². The van der Waals surface area contributed by atoms with E-state index in [1.165, 1.54) is 44.3 Å². The van der Waals surface area contributed by atoms with Gasteiger partial charge in [-0.15, -0.1) is 29.8 Å². The molecular formula is C20H16F2IrNO2-. The Kier molecular flexibility index (Phi) is 8.23. The number of carbonyl (C=O) groups is 1. The fourth-order valence-electron chi connectivity index (χ4n) is 2.23. The molecule has 0 aliphatic carbocycles. The van der Waals surface area contributed by atoms with Gasteiger partial charge in [-0.25, -0.2) is 4.39 Å². The first-order chi connectivity index (χ1) is 11.9. The molecule has 0 saturated carbocycles. The van der Waals surface area contributed by atoms with E-state index in [9.17, 15) is 13.6 Å². The summed E-state index contributed by atoms with van der Waals surface area (Å²) in [6, 6.07) is 13.4. The van der Waals surface area contributed by atoms with Crippen LogP contribution in [0.4, 0.5) is 8.78 Å². The van der Waals surface area contributed by atoms with E-state index in [4.69, 9.17) is 5.11 Å². The van der Waals surface area contributed by atoms with Gasteiger partial charge in [0.05, 0.1) is 5.76 Å². The fourth-order valence-corrected chi connectivity index (χ4v) is 2.23. The van der Waals surface area contributed by atoms with Gasteiger partial charge in [-0.2, -0.15) is 0 Å². The Labute approximate surface area is 163 Å². The zero-order valence-electron chi connectivity index (χ0n) is 14.1. The number of rotatable bonds is 2. The third kappa shape index (κ3) is 5.83. The molecule has 0 aliphatic rings. The summed E-state index contributed by atoms with van der Waals surface area (Å²) >= 11 is 0. The molecule has 0 fully saturated rings. The molecule has 1 radical (unpaired) electrons. The van der Waals surface area contributed by atoms with Crippen LogP contribution in [0.25, 0.3) is 22.0 Å². The molecule has 2 aromatic carbocycles. The maximum Gasteiger partial charge on any atom is 0.155 e. The smallest absolute Gasteiger partial charge is 0.155 e. The van der Waals surface area contributed by atoms with Gasteiger partial charge in [0.25, 0.3) is 0 Å². The first-order valence-electron chi connectivity index (χ1n) is 7.47. The topological polar surface area (TPSA) is 50.2 Å². The third-order valence-electron chi connectivity index (χ3n) is 3.19. The Balaban J connectivity index is 0.000000366. The van der Waals surface area contributed by atoms with E-state index in [0.29, 0.717) is 22.0 Å². The predicted molar refractivity (Wildman–Crippen MR) is 93.0 cm³/mol. The summed E-state index contributed by atoms with van der Waals surface area (Å²) in [6.07, 6.45) is 2.71. The van der Waals surface area contributed by atoms with Gasteiger partial charge in [-0.05, 0) is 37.1 Å².